The van der Waals surface area contributed by atoms with Gasteiger partial charge >= 0.3 is 0 Å². The number of benzene rings is 2. The lowest BCUT2D eigenvalue weighted by molar-refractivity contribution is 0.627. The van der Waals surface area contributed by atoms with Gasteiger partial charge in [-0.25, -0.2) is 9.37 Å². The molecule has 0 bridgehead atoms. The van der Waals surface area contributed by atoms with Crippen LogP contribution >= 0.6 is 11.6 Å². The minimum absolute atomic E-state index is 0.347. The molecule has 1 aromatic heterocycles. The molecule has 0 atom stereocenters. The van der Waals surface area contributed by atoms with Crippen LogP contribution in [-0.2, 0) is 0 Å². The summed E-state index contributed by atoms with van der Waals surface area (Å²) in [6.45, 7) is 1.87. The minimum Gasteiger partial charge on any atom is -0.399 e. The van der Waals surface area contributed by atoms with Crippen molar-refractivity contribution in [1.82, 2.24) is 9.55 Å². The van der Waals surface area contributed by atoms with E-state index in [1.54, 1.807) is 18.2 Å². The van der Waals surface area contributed by atoms with Crippen molar-refractivity contribution >= 4 is 28.3 Å². The number of nitrogens with zero attached hydrogens (tertiary/aromatic N) is 2. The van der Waals surface area contributed by atoms with E-state index in [-0.39, 0.29) is 5.82 Å². The fourth-order valence-corrected chi connectivity index (χ4v) is 2.44. The molecular formula is C14H11ClFN3. The molecule has 3 rings (SSSR count). The molecule has 5 heteroatoms. The number of fused-ring (bicyclic) bond motifs is 1. The van der Waals surface area contributed by atoms with E-state index in [1.807, 2.05) is 17.6 Å². The zero-order chi connectivity index (χ0) is 13.6. The van der Waals surface area contributed by atoms with Crippen LogP contribution in [0.25, 0.3) is 16.7 Å². The van der Waals surface area contributed by atoms with Crippen LogP contribution in [0.4, 0.5) is 10.1 Å². The summed E-state index contributed by atoms with van der Waals surface area (Å²) < 4.78 is 15.0. The first-order valence-corrected chi connectivity index (χ1v) is 6.14. The summed E-state index contributed by atoms with van der Waals surface area (Å²) in [6, 6.07) is 9.80. The molecule has 2 aromatic carbocycles. The van der Waals surface area contributed by atoms with Crippen LogP contribution in [0.3, 0.4) is 0 Å². The smallest absolute Gasteiger partial charge is 0.124 e. The van der Waals surface area contributed by atoms with Crippen molar-refractivity contribution in [2.75, 3.05) is 5.73 Å². The number of anilines is 1. The van der Waals surface area contributed by atoms with Crippen LogP contribution < -0.4 is 5.73 Å². The topological polar surface area (TPSA) is 43.8 Å². The Hall–Kier alpha value is -2.07. The molecule has 0 fully saturated rings. The Bertz CT molecular complexity index is 780. The Morgan fingerprint density at radius 3 is 2.74 bits per heavy atom. The van der Waals surface area contributed by atoms with Gasteiger partial charge in [0.25, 0.3) is 0 Å². The van der Waals surface area contributed by atoms with Crippen LogP contribution in [0, 0.1) is 12.7 Å². The van der Waals surface area contributed by atoms with Gasteiger partial charge in [0, 0.05) is 5.69 Å². The van der Waals surface area contributed by atoms with E-state index in [2.05, 4.69) is 4.98 Å². The second-order valence-electron chi connectivity index (χ2n) is 4.34. The van der Waals surface area contributed by atoms with Crippen molar-refractivity contribution in [3.05, 3.63) is 53.1 Å². The fourth-order valence-electron chi connectivity index (χ4n) is 2.18. The fraction of sp³-hybridized carbons (Fsp3) is 0.0714. The molecule has 0 saturated carbocycles. The van der Waals surface area contributed by atoms with Gasteiger partial charge in [-0.15, -0.1) is 0 Å². The Morgan fingerprint density at radius 1 is 1.21 bits per heavy atom. The summed E-state index contributed by atoms with van der Waals surface area (Å²) in [5.74, 6) is 0.411. The highest BCUT2D eigenvalue weighted by Crippen LogP contribution is 2.28. The molecule has 0 aliphatic carbocycles. The molecule has 3 nitrogen and oxygen atoms in total. The lowest BCUT2D eigenvalue weighted by Crippen LogP contribution is -1.98. The van der Waals surface area contributed by atoms with Gasteiger partial charge in [-0.2, -0.15) is 0 Å². The number of imidazole rings is 1. The Kier molecular flexibility index (Phi) is 2.68. The van der Waals surface area contributed by atoms with Gasteiger partial charge in [0.05, 0.1) is 21.7 Å². The third-order valence-corrected chi connectivity index (χ3v) is 3.30. The molecule has 0 saturated heterocycles. The third-order valence-electron chi connectivity index (χ3n) is 3.00. The summed E-state index contributed by atoms with van der Waals surface area (Å²) >= 11 is 6.11. The maximum atomic E-state index is 13.1. The molecule has 0 aliphatic rings. The second kappa shape index (κ2) is 4.24. The molecular weight excluding hydrogens is 265 g/mol. The maximum absolute atomic E-state index is 13.1. The third kappa shape index (κ3) is 1.94. The van der Waals surface area contributed by atoms with Crippen molar-refractivity contribution in [3.8, 4) is 5.69 Å². The molecule has 1 heterocycles. The quantitative estimate of drug-likeness (QED) is 0.688. The summed E-state index contributed by atoms with van der Waals surface area (Å²) in [5.41, 5.74) is 8.78. The number of hydrogen-bond donors (Lipinski definition) is 1. The van der Waals surface area contributed by atoms with Crippen LogP contribution in [-0.4, -0.2) is 9.55 Å². The molecule has 96 valence electrons. The van der Waals surface area contributed by atoms with E-state index in [4.69, 9.17) is 17.3 Å². The van der Waals surface area contributed by atoms with E-state index >= 15 is 0 Å². The molecule has 0 amide bonds. The normalized spacial score (nSPS) is 11.1. The highest BCUT2D eigenvalue weighted by molar-refractivity contribution is 6.32. The van der Waals surface area contributed by atoms with Gasteiger partial charge in [0.1, 0.15) is 11.6 Å². The number of aromatic nitrogens is 2. The number of nitrogen functional groups attached to an aromatic ring is 1. The number of rotatable bonds is 1. The van der Waals surface area contributed by atoms with Crippen LogP contribution in [0.15, 0.2) is 36.4 Å². The summed E-state index contributed by atoms with van der Waals surface area (Å²) in [4.78, 5) is 4.44. The lowest BCUT2D eigenvalue weighted by Gasteiger charge is -2.09. The average Bonchev–Trinajstić information content (AvgIpc) is 2.65. The van der Waals surface area contributed by atoms with Crippen LogP contribution in [0.2, 0.25) is 5.02 Å². The monoisotopic (exact) mass is 275 g/mol. The predicted molar refractivity (Wildman–Crippen MR) is 75.2 cm³/mol. The second-order valence-corrected chi connectivity index (χ2v) is 4.75. The number of nitrogens with two attached hydrogens (primary N) is 1. The first-order valence-electron chi connectivity index (χ1n) is 5.76. The Labute approximate surface area is 114 Å². The standard InChI is InChI=1S/C14H11ClFN3/c1-8-18-12-7-10(17)3-5-14(12)19(8)13-4-2-9(16)6-11(13)15/h2-7H,17H2,1H3. The van der Waals surface area contributed by atoms with Crippen molar-refractivity contribution in [2.45, 2.75) is 6.92 Å². The Morgan fingerprint density at radius 2 is 2.00 bits per heavy atom. The van der Waals surface area contributed by atoms with Gasteiger partial charge in [-0.05, 0) is 43.3 Å². The Balaban J connectivity index is 2.33. The van der Waals surface area contributed by atoms with Crippen molar-refractivity contribution < 1.29 is 4.39 Å². The van der Waals surface area contributed by atoms with Gasteiger partial charge in [0.15, 0.2) is 0 Å². The summed E-state index contributed by atoms with van der Waals surface area (Å²) in [5, 5.41) is 0.347. The number of hydrogen-bond acceptors (Lipinski definition) is 2. The highest BCUT2D eigenvalue weighted by atomic mass is 35.5. The number of aryl methyl sites for hydroxylation is 1. The van der Waals surface area contributed by atoms with Crippen molar-refractivity contribution in [1.29, 1.82) is 0 Å². The lowest BCUT2D eigenvalue weighted by atomic mass is 10.2. The van der Waals surface area contributed by atoms with Gasteiger partial charge in [0.2, 0.25) is 0 Å². The number of halogens is 2. The van der Waals surface area contributed by atoms with E-state index in [1.165, 1.54) is 12.1 Å². The molecule has 2 N–H and O–H groups in total. The molecule has 0 unspecified atom stereocenters. The molecule has 0 radical (unpaired) electrons. The maximum Gasteiger partial charge on any atom is 0.124 e. The zero-order valence-electron chi connectivity index (χ0n) is 10.2. The van der Waals surface area contributed by atoms with Crippen molar-refractivity contribution in [3.63, 3.8) is 0 Å². The summed E-state index contributed by atoms with van der Waals surface area (Å²) in [7, 11) is 0. The van der Waals surface area contributed by atoms with Crippen LogP contribution in [0.1, 0.15) is 5.82 Å². The minimum atomic E-state index is -0.361. The van der Waals surface area contributed by atoms with Crippen LogP contribution in [0.5, 0.6) is 0 Å². The molecule has 3 aromatic rings. The van der Waals surface area contributed by atoms with Gasteiger partial charge in [-0.1, -0.05) is 11.6 Å². The van der Waals surface area contributed by atoms with Crippen molar-refractivity contribution in [2.24, 2.45) is 0 Å². The molecule has 0 aliphatic heterocycles. The molecule has 0 spiro atoms. The van der Waals surface area contributed by atoms with E-state index in [9.17, 15) is 4.39 Å². The van der Waals surface area contributed by atoms with E-state index in [0.29, 0.717) is 16.4 Å². The average molecular weight is 276 g/mol. The van der Waals surface area contributed by atoms with Gasteiger partial charge in [-0.3, -0.25) is 4.57 Å². The largest absolute Gasteiger partial charge is 0.399 e. The zero-order valence-corrected chi connectivity index (χ0v) is 10.9. The summed E-state index contributed by atoms with van der Waals surface area (Å²) in [6.07, 6.45) is 0. The SMILES string of the molecule is Cc1nc2cc(N)ccc2n1-c1ccc(F)cc1Cl. The first-order chi connectivity index (χ1) is 9.06. The van der Waals surface area contributed by atoms with E-state index < -0.39 is 0 Å². The molecule has 19 heavy (non-hydrogen) atoms. The van der Waals surface area contributed by atoms with Gasteiger partial charge < -0.3 is 5.73 Å². The van der Waals surface area contributed by atoms with E-state index in [0.717, 1.165) is 16.9 Å². The first kappa shape index (κ1) is 12.0. The predicted octanol–water partition coefficient (Wildman–Crippen LogP) is 3.71. The highest BCUT2D eigenvalue weighted by Gasteiger charge is 2.12.